The van der Waals surface area contributed by atoms with E-state index in [0.29, 0.717) is 22.6 Å². The molecule has 1 aromatic heterocycles. The lowest BCUT2D eigenvalue weighted by molar-refractivity contribution is -0.384. The van der Waals surface area contributed by atoms with Gasteiger partial charge in [-0.1, -0.05) is 42.5 Å². The zero-order chi connectivity index (χ0) is 29.2. The molecule has 10 nitrogen and oxygen atoms in total. The van der Waals surface area contributed by atoms with Crippen molar-refractivity contribution in [2.45, 2.75) is 13.8 Å². The summed E-state index contributed by atoms with van der Waals surface area (Å²) in [6.45, 7) is 5.90. The Morgan fingerprint density at radius 1 is 0.951 bits per heavy atom. The maximum Gasteiger partial charge on any atom is 0.287 e. The third-order valence-electron chi connectivity index (χ3n) is 6.19. The van der Waals surface area contributed by atoms with Gasteiger partial charge in [0.2, 0.25) is 0 Å². The molecule has 0 atom stereocenters. The molecule has 3 aromatic carbocycles. The number of furan rings is 1. The maximum absolute atomic E-state index is 13.1. The van der Waals surface area contributed by atoms with Crippen LogP contribution in [0.1, 0.15) is 35.5 Å². The third kappa shape index (κ3) is 7.54. The van der Waals surface area contributed by atoms with Crippen molar-refractivity contribution in [2.24, 2.45) is 5.10 Å². The van der Waals surface area contributed by atoms with Gasteiger partial charge in [-0.25, -0.2) is 5.43 Å². The topological polar surface area (TPSA) is 130 Å². The molecule has 10 heteroatoms. The summed E-state index contributed by atoms with van der Waals surface area (Å²) in [6.07, 6.45) is 2.87. The Morgan fingerprint density at radius 2 is 1.68 bits per heavy atom. The maximum atomic E-state index is 13.1. The van der Waals surface area contributed by atoms with E-state index >= 15 is 0 Å². The van der Waals surface area contributed by atoms with Gasteiger partial charge in [-0.3, -0.25) is 19.7 Å². The van der Waals surface area contributed by atoms with E-state index < -0.39 is 16.7 Å². The fourth-order valence-electron chi connectivity index (χ4n) is 4.04. The fraction of sp³-hybridized carbons (Fsp3) is 0.129. The van der Waals surface area contributed by atoms with Crippen LogP contribution in [0.15, 0.2) is 106 Å². The number of rotatable bonds is 11. The van der Waals surface area contributed by atoms with Crippen molar-refractivity contribution >= 4 is 35.5 Å². The number of nitrogens with one attached hydrogen (secondary N) is 2. The molecule has 1 heterocycles. The Hall–Kier alpha value is -5.51. The lowest BCUT2D eigenvalue weighted by Crippen LogP contribution is -2.32. The van der Waals surface area contributed by atoms with Gasteiger partial charge >= 0.3 is 0 Å². The molecular weight excluding hydrogens is 522 g/mol. The van der Waals surface area contributed by atoms with Crippen LogP contribution in [0.2, 0.25) is 0 Å². The molecule has 0 unspecified atom stereocenters. The highest BCUT2D eigenvalue weighted by Gasteiger charge is 2.15. The largest absolute Gasteiger partial charge is 0.455 e. The first-order valence-electron chi connectivity index (χ1n) is 13.0. The van der Waals surface area contributed by atoms with Gasteiger partial charge in [0.05, 0.1) is 11.1 Å². The minimum atomic E-state index is -0.635. The van der Waals surface area contributed by atoms with Crippen molar-refractivity contribution in [3.05, 3.63) is 124 Å². The van der Waals surface area contributed by atoms with Crippen molar-refractivity contribution in [1.82, 2.24) is 10.7 Å². The number of anilines is 1. The zero-order valence-electron chi connectivity index (χ0n) is 22.6. The van der Waals surface area contributed by atoms with Crippen molar-refractivity contribution in [1.29, 1.82) is 0 Å². The van der Waals surface area contributed by atoms with E-state index in [1.807, 2.05) is 24.3 Å². The highest BCUT2D eigenvalue weighted by Crippen LogP contribution is 2.25. The minimum absolute atomic E-state index is 0.00308. The van der Waals surface area contributed by atoms with Crippen LogP contribution >= 0.6 is 0 Å². The van der Waals surface area contributed by atoms with Gasteiger partial charge in [0, 0.05) is 42.0 Å². The van der Waals surface area contributed by atoms with E-state index in [9.17, 15) is 19.7 Å². The van der Waals surface area contributed by atoms with Crippen LogP contribution in [0, 0.1) is 10.1 Å². The molecule has 208 valence electrons. The average Bonchev–Trinajstić information content (AvgIpc) is 3.47. The highest BCUT2D eigenvalue weighted by atomic mass is 16.6. The van der Waals surface area contributed by atoms with Crippen LogP contribution in [0.25, 0.3) is 17.4 Å². The second kappa shape index (κ2) is 13.5. The first-order valence-corrected chi connectivity index (χ1v) is 13.0. The molecule has 4 rings (SSSR count). The molecular formula is C31H29N5O5. The van der Waals surface area contributed by atoms with E-state index in [0.717, 1.165) is 24.3 Å². The van der Waals surface area contributed by atoms with Gasteiger partial charge in [-0.15, -0.1) is 0 Å². The standard InChI is InChI=1S/C31H29N5O5/c1-3-35(4-2)25-15-13-22(14-16-25)19-28(33-30(37)23-9-6-5-7-10-23)31(38)34-32-21-27-17-18-29(41-27)24-11-8-12-26(20-24)36(39)40/h5-21H,3-4H2,1-2H3,(H,33,37)(H,34,38). The number of nitro benzene ring substituents is 1. The molecule has 0 saturated carbocycles. The number of benzene rings is 3. The summed E-state index contributed by atoms with van der Waals surface area (Å²) >= 11 is 0. The molecule has 0 radical (unpaired) electrons. The predicted molar refractivity (Wildman–Crippen MR) is 158 cm³/mol. The predicted octanol–water partition coefficient (Wildman–Crippen LogP) is 5.62. The summed E-state index contributed by atoms with van der Waals surface area (Å²) in [6, 6.07) is 25.6. The Balaban J connectivity index is 1.51. The first-order chi connectivity index (χ1) is 19.9. The average molecular weight is 552 g/mol. The number of amides is 2. The van der Waals surface area contributed by atoms with Crippen LogP contribution in [-0.4, -0.2) is 36.0 Å². The molecule has 41 heavy (non-hydrogen) atoms. The highest BCUT2D eigenvalue weighted by molar-refractivity contribution is 6.05. The molecule has 2 amide bonds. The summed E-state index contributed by atoms with van der Waals surface area (Å²) in [4.78, 5) is 38.7. The SMILES string of the molecule is CCN(CC)c1ccc(C=C(NC(=O)c2ccccc2)C(=O)NN=Cc2ccc(-c3cccc([N+](=O)[O-])c3)o2)cc1. The summed E-state index contributed by atoms with van der Waals surface area (Å²) in [5, 5.41) is 17.7. The summed E-state index contributed by atoms with van der Waals surface area (Å²) < 4.78 is 5.70. The van der Waals surface area contributed by atoms with Crippen LogP contribution in [0.5, 0.6) is 0 Å². The summed E-state index contributed by atoms with van der Waals surface area (Å²) in [5.74, 6) is -0.352. The van der Waals surface area contributed by atoms with E-state index in [1.54, 1.807) is 60.7 Å². The molecule has 0 spiro atoms. The fourth-order valence-corrected chi connectivity index (χ4v) is 4.04. The lowest BCUT2D eigenvalue weighted by atomic mass is 10.1. The molecule has 0 aliphatic heterocycles. The Kier molecular flexibility index (Phi) is 9.40. The Bertz CT molecular complexity index is 1570. The molecule has 2 N–H and O–H groups in total. The van der Waals surface area contributed by atoms with Crippen LogP contribution in [0.3, 0.4) is 0 Å². The number of carbonyl (C=O) groups is 2. The van der Waals surface area contributed by atoms with Crippen molar-refractivity contribution < 1.29 is 18.9 Å². The van der Waals surface area contributed by atoms with E-state index in [4.69, 9.17) is 4.42 Å². The van der Waals surface area contributed by atoms with Crippen molar-refractivity contribution in [3.8, 4) is 11.3 Å². The van der Waals surface area contributed by atoms with E-state index in [2.05, 4.69) is 34.6 Å². The Labute approximate surface area is 237 Å². The second-order valence-electron chi connectivity index (χ2n) is 8.85. The zero-order valence-corrected chi connectivity index (χ0v) is 22.6. The number of non-ortho nitro benzene ring substituents is 1. The quantitative estimate of drug-likeness (QED) is 0.108. The molecule has 0 saturated heterocycles. The number of carbonyl (C=O) groups excluding carboxylic acids is 2. The minimum Gasteiger partial charge on any atom is -0.455 e. The number of nitro groups is 1. The van der Waals surface area contributed by atoms with Crippen LogP contribution < -0.4 is 15.6 Å². The lowest BCUT2D eigenvalue weighted by Gasteiger charge is -2.20. The van der Waals surface area contributed by atoms with Crippen LogP contribution in [0.4, 0.5) is 11.4 Å². The monoisotopic (exact) mass is 551 g/mol. The van der Waals surface area contributed by atoms with Gasteiger partial charge < -0.3 is 14.6 Å². The van der Waals surface area contributed by atoms with Gasteiger partial charge in [0.25, 0.3) is 17.5 Å². The van der Waals surface area contributed by atoms with Gasteiger partial charge in [-0.05, 0) is 61.9 Å². The summed E-state index contributed by atoms with van der Waals surface area (Å²) in [5.41, 5.74) is 5.07. The third-order valence-corrected chi connectivity index (χ3v) is 6.19. The number of hydrogen-bond donors (Lipinski definition) is 2. The molecule has 0 aliphatic carbocycles. The number of hydrazone groups is 1. The normalized spacial score (nSPS) is 11.3. The molecule has 0 bridgehead atoms. The van der Waals surface area contributed by atoms with Crippen molar-refractivity contribution in [3.63, 3.8) is 0 Å². The van der Waals surface area contributed by atoms with Crippen LogP contribution in [-0.2, 0) is 4.79 Å². The van der Waals surface area contributed by atoms with Gasteiger partial charge in [0.15, 0.2) is 0 Å². The first kappa shape index (κ1) is 28.5. The number of hydrogen-bond acceptors (Lipinski definition) is 7. The summed E-state index contributed by atoms with van der Waals surface area (Å²) in [7, 11) is 0. The molecule has 4 aromatic rings. The number of nitrogens with zero attached hydrogens (tertiary/aromatic N) is 3. The molecule has 0 fully saturated rings. The van der Waals surface area contributed by atoms with Gasteiger partial charge in [0.1, 0.15) is 17.2 Å². The second-order valence-corrected chi connectivity index (χ2v) is 8.85. The van der Waals surface area contributed by atoms with Gasteiger partial charge in [-0.2, -0.15) is 5.10 Å². The smallest absolute Gasteiger partial charge is 0.287 e. The van der Waals surface area contributed by atoms with E-state index in [-0.39, 0.29) is 11.4 Å². The molecule has 0 aliphatic rings. The van der Waals surface area contributed by atoms with Crippen molar-refractivity contribution in [2.75, 3.05) is 18.0 Å². The Morgan fingerprint density at radius 3 is 2.37 bits per heavy atom. The van der Waals surface area contributed by atoms with E-state index in [1.165, 1.54) is 18.3 Å².